The van der Waals surface area contributed by atoms with Crippen LogP contribution in [-0.2, 0) is 16.0 Å². The first kappa shape index (κ1) is 21.7. The van der Waals surface area contributed by atoms with Gasteiger partial charge < -0.3 is 19.7 Å². The molecule has 0 unspecified atom stereocenters. The van der Waals surface area contributed by atoms with Gasteiger partial charge in [-0.2, -0.15) is 0 Å². The molecule has 160 valence electrons. The number of hydrogen-bond acceptors (Lipinski definition) is 4. The summed E-state index contributed by atoms with van der Waals surface area (Å²) < 4.78 is 10.9. The number of anilines is 2. The van der Waals surface area contributed by atoms with Crippen LogP contribution in [0.5, 0.6) is 11.5 Å². The van der Waals surface area contributed by atoms with Gasteiger partial charge in [-0.1, -0.05) is 13.8 Å². The SMILES string of the molecule is CCOc1ccc(OCC(=O)Nc2ccc3c(c2)CCC(=O)N3CCC(C)C)cc1. The van der Waals surface area contributed by atoms with Crippen molar-refractivity contribution in [1.82, 2.24) is 0 Å². The zero-order valence-electron chi connectivity index (χ0n) is 17.9. The molecule has 1 heterocycles. The Morgan fingerprint density at radius 1 is 1.07 bits per heavy atom. The van der Waals surface area contributed by atoms with Gasteiger partial charge in [-0.15, -0.1) is 0 Å². The van der Waals surface area contributed by atoms with E-state index in [1.807, 2.05) is 42.2 Å². The lowest BCUT2D eigenvalue weighted by atomic mass is 9.99. The number of benzene rings is 2. The van der Waals surface area contributed by atoms with Crippen LogP contribution in [0.3, 0.4) is 0 Å². The second-order valence-electron chi connectivity index (χ2n) is 7.81. The molecule has 0 aromatic heterocycles. The van der Waals surface area contributed by atoms with E-state index in [0.29, 0.717) is 36.8 Å². The van der Waals surface area contributed by atoms with E-state index >= 15 is 0 Å². The van der Waals surface area contributed by atoms with E-state index in [1.54, 1.807) is 12.1 Å². The Balaban J connectivity index is 1.58. The molecule has 2 amide bonds. The second-order valence-corrected chi connectivity index (χ2v) is 7.81. The number of ether oxygens (including phenoxy) is 2. The molecule has 6 heteroatoms. The highest BCUT2D eigenvalue weighted by molar-refractivity contribution is 5.97. The molecule has 0 radical (unpaired) electrons. The standard InChI is InChI=1S/C24H30N2O4/c1-4-29-20-7-9-21(10-8-20)30-16-23(27)25-19-6-11-22-18(15-19)5-12-24(28)26(22)14-13-17(2)3/h6-11,15,17H,4-5,12-14,16H2,1-3H3,(H,25,27). The van der Waals surface area contributed by atoms with Gasteiger partial charge in [-0.3, -0.25) is 9.59 Å². The summed E-state index contributed by atoms with van der Waals surface area (Å²) in [6.45, 7) is 7.49. The molecule has 30 heavy (non-hydrogen) atoms. The lowest BCUT2D eigenvalue weighted by Crippen LogP contribution is -2.36. The van der Waals surface area contributed by atoms with Gasteiger partial charge in [0, 0.05) is 24.3 Å². The molecule has 0 aliphatic carbocycles. The average molecular weight is 411 g/mol. The van der Waals surface area contributed by atoms with Crippen LogP contribution < -0.4 is 19.7 Å². The van der Waals surface area contributed by atoms with Crippen molar-refractivity contribution in [2.24, 2.45) is 5.92 Å². The highest BCUT2D eigenvalue weighted by atomic mass is 16.5. The Kier molecular flexibility index (Phi) is 7.33. The van der Waals surface area contributed by atoms with Gasteiger partial charge in [-0.25, -0.2) is 0 Å². The number of fused-ring (bicyclic) bond motifs is 1. The molecule has 1 aliphatic heterocycles. The third kappa shape index (κ3) is 5.75. The van der Waals surface area contributed by atoms with Crippen LogP contribution in [0, 0.1) is 5.92 Å². The monoisotopic (exact) mass is 410 g/mol. The maximum absolute atomic E-state index is 12.3. The molecule has 2 aromatic carbocycles. The van der Waals surface area contributed by atoms with Crippen LogP contribution in [0.25, 0.3) is 0 Å². The highest BCUT2D eigenvalue weighted by Gasteiger charge is 2.24. The Bertz CT molecular complexity index is 877. The van der Waals surface area contributed by atoms with Crippen molar-refractivity contribution in [2.45, 2.75) is 40.0 Å². The number of carbonyl (C=O) groups is 2. The number of hydrogen-bond donors (Lipinski definition) is 1. The number of aryl methyl sites for hydroxylation is 1. The first-order chi connectivity index (χ1) is 14.5. The van der Waals surface area contributed by atoms with E-state index in [0.717, 1.165) is 30.0 Å². The Hall–Kier alpha value is -3.02. The zero-order chi connectivity index (χ0) is 21.5. The molecule has 3 rings (SSSR count). The predicted octanol–water partition coefficient (Wildman–Crippen LogP) is 4.43. The predicted molar refractivity (Wildman–Crippen MR) is 118 cm³/mol. The maximum atomic E-state index is 12.3. The van der Waals surface area contributed by atoms with Crippen molar-refractivity contribution in [3.05, 3.63) is 48.0 Å². The van der Waals surface area contributed by atoms with Crippen molar-refractivity contribution in [3.8, 4) is 11.5 Å². The summed E-state index contributed by atoms with van der Waals surface area (Å²) in [6, 6.07) is 12.9. The van der Waals surface area contributed by atoms with E-state index in [2.05, 4.69) is 19.2 Å². The molecule has 0 saturated carbocycles. The van der Waals surface area contributed by atoms with Gasteiger partial charge in [0.15, 0.2) is 6.61 Å². The first-order valence-electron chi connectivity index (χ1n) is 10.5. The van der Waals surface area contributed by atoms with Gasteiger partial charge in [-0.05, 0) is 73.7 Å². The smallest absolute Gasteiger partial charge is 0.262 e. The minimum absolute atomic E-state index is 0.0793. The fourth-order valence-corrected chi connectivity index (χ4v) is 3.41. The molecule has 6 nitrogen and oxygen atoms in total. The van der Waals surface area contributed by atoms with E-state index in [9.17, 15) is 9.59 Å². The van der Waals surface area contributed by atoms with E-state index < -0.39 is 0 Å². The minimum Gasteiger partial charge on any atom is -0.494 e. The van der Waals surface area contributed by atoms with E-state index in [4.69, 9.17) is 9.47 Å². The number of amides is 2. The van der Waals surface area contributed by atoms with Crippen LogP contribution in [0.4, 0.5) is 11.4 Å². The molecule has 1 N–H and O–H groups in total. The quantitative estimate of drug-likeness (QED) is 0.664. The molecule has 1 aliphatic rings. The van der Waals surface area contributed by atoms with E-state index in [-0.39, 0.29) is 18.4 Å². The molecular weight excluding hydrogens is 380 g/mol. The Morgan fingerprint density at radius 2 is 1.77 bits per heavy atom. The van der Waals surface area contributed by atoms with E-state index in [1.165, 1.54) is 0 Å². The minimum atomic E-state index is -0.229. The van der Waals surface area contributed by atoms with Crippen molar-refractivity contribution in [1.29, 1.82) is 0 Å². The maximum Gasteiger partial charge on any atom is 0.262 e. The summed E-state index contributed by atoms with van der Waals surface area (Å²) in [5, 5.41) is 2.88. The lowest BCUT2D eigenvalue weighted by Gasteiger charge is -2.30. The summed E-state index contributed by atoms with van der Waals surface area (Å²) in [4.78, 5) is 26.5. The molecular formula is C24H30N2O4. The molecule has 0 spiro atoms. The van der Waals surface area contributed by atoms with Gasteiger partial charge in [0.2, 0.25) is 5.91 Å². The van der Waals surface area contributed by atoms with Gasteiger partial charge in [0.25, 0.3) is 5.91 Å². The van der Waals surface area contributed by atoms with Gasteiger partial charge in [0.05, 0.1) is 6.61 Å². The summed E-state index contributed by atoms with van der Waals surface area (Å²) in [7, 11) is 0. The largest absolute Gasteiger partial charge is 0.494 e. The topological polar surface area (TPSA) is 67.9 Å². The second kappa shape index (κ2) is 10.1. The first-order valence-corrected chi connectivity index (χ1v) is 10.5. The summed E-state index contributed by atoms with van der Waals surface area (Å²) in [5.41, 5.74) is 2.76. The molecule has 0 saturated heterocycles. The summed E-state index contributed by atoms with van der Waals surface area (Å²) in [6.07, 6.45) is 2.16. The van der Waals surface area contributed by atoms with Gasteiger partial charge in [0.1, 0.15) is 11.5 Å². The number of rotatable bonds is 9. The Morgan fingerprint density at radius 3 is 2.43 bits per heavy atom. The van der Waals surface area contributed by atoms with Gasteiger partial charge >= 0.3 is 0 Å². The lowest BCUT2D eigenvalue weighted by molar-refractivity contribution is -0.119. The van der Waals surface area contributed by atoms with Crippen LogP contribution in [0.2, 0.25) is 0 Å². The number of nitrogens with one attached hydrogen (secondary N) is 1. The Labute approximate surface area is 178 Å². The van der Waals surface area contributed by atoms with Crippen LogP contribution in [0.1, 0.15) is 39.2 Å². The molecule has 2 aromatic rings. The number of nitrogens with zero attached hydrogens (tertiary/aromatic N) is 1. The third-order valence-electron chi connectivity index (χ3n) is 5.00. The summed E-state index contributed by atoms with van der Waals surface area (Å²) >= 11 is 0. The fraction of sp³-hybridized carbons (Fsp3) is 0.417. The third-order valence-corrected chi connectivity index (χ3v) is 5.00. The van der Waals surface area contributed by atoms with Crippen LogP contribution >= 0.6 is 0 Å². The summed E-state index contributed by atoms with van der Waals surface area (Å²) in [5.74, 6) is 1.86. The average Bonchev–Trinajstić information content (AvgIpc) is 2.72. The van der Waals surface area contributed by atoms with Crippen LogP contribution in [0.15, 0.2) is 42.5 Å². The van der Waals surface area contributed by atoms with Crippen molar-refractivity contribution in [2.75, 3.05) is 30.0 Å². The molecule has 0 fully saturated rings. The molecule has 0 atom stereocenters. The zero-order valence-corrected chi connectivity index (χ0v) is 17.9. The van der Waals surface area contributed by atoms with Crippen molar-refractivity contribution in [3.63, 3.8) is 0 Å². The van der Waals surface area contributed by atoms with Crippen molar-refractivity contribution < 1.29 is 19.1 Å². The fourth-order valence-electron chi connectivity index (χ4n) is 3.41. The number of carbonyl (C=O) groups excluding carboxylic acids is 2. The van der Waals surface area contributed by atoms with Crippen molar-refractivity contribution >= 4 is 23.2 Å². The highest BCUT2D eigenvalue weighted by Crippen LogP contribution is 2.31. The molecule has 0 bridgehead atoms. The van der Waals surface area contributed by atoms with Crippen LogP contribution in [-0.4, -0.2) is 31.6 Å². The normalized spacial score (nSPS) is 13.2.